The molecule has 2 aromatic rings. The quantitative estimate of drug-likeness (QED) is 0.778. The molecule has 0 atom stereocenters. The lowest BCUT2D eigenvalue weighted by molar-refractivity contribution is 0.0822. The van der Waals surface area contributed by atoms with Crippen LogP contribution in [0.25, 0.3) is 0 Å². The van der Waals surface area contributed by atoms with Crippen LogP contribution in [-0.4, -0.2) is 10.9 Å². The SMILES string of the molecule is [CH2]C1CC(N(Cc2ccccc2)Cc2ccccc2)C1. The van der Waals surface area contributed by atoms with E-state index in [4.69, 9.17) is 0 Å². The Bertz CT molecular complexity index is 472. The van der Waals surface area contributed by atoms with Gasteiger partial charge in [-0.05, 0) is 29.9 Å². The van der Waals surface area contributed by atoms with Crippen LogP contribution >= 0.6 is 0 Å². The molecule has 0 spiro atoms. The van der Waals surface area contributed by atoms with Gasteiger partial charge >= 0.3 is 0 Å². The van der Waals surface area contributed by atoms with Gasteiger partial charge in [0.2, 0.25) is 0 Å². The van der Waals surface area contributed by atoms with Crippen LogP contribution in [-0.2, 0) is 13.1 Å². The zero-order valence-electron chi connectivity index (χ0n) is 11.9. The van der Waals surface area contributed by atoms with Crippen molar-refractivity contribution in [2.24, 2.45) is 5.92 Å². The van der Waals surface area contributed by atoms with Crippen molar-refractivity contribution in [1.29, 1.82) is 0 Å². The van der Waals surface area contributed by atoms with Crippen LogP contribution in [0.5, 0.6) is 0 Å². The van der Waals surface area contributed by atoms with Crippen molar-refractivity contribution in [3.63, 3.8) is 0 Å². The van der Waals surface area contributed by atoms with E-state index >= 15 is 0 Å². The van der Waals surface area contributed by atoms with Crippen molar-refractivity contribution >= 4 is 0 Å². The molecule has 1 radical (unpaired) electrons. The summed E-state index contributed by atoms with van der Waals surface area (Å²) in [7, 11) is 0. The lowest BCUT2D eigenvalue weighted by Crippen LogP contribution is -2.43. The maximum atomic E-state index is 4.16. The molecule has 1 heteroatoms. The summed E-state index contributed by atoms with van der Waals surface area (Å²) in [5.74, 6) is 0.647. The molecule has 0 aromatic heterocycles. The first-order valence-electron chi connectivity index (χ1n) is 7.46. The van der Waals surface area contributed by atoms with Gasteiger partial charge in [0, 0.05) is 19.1 Å². The van der Waals surface area contributed by atoms with Gasteiger partial charge in [0.25, 0.3) is 0 Å². The third-order valence-electron chi connectivity index (χ3n) is 4.18. The average molecular weight is 264 g/mol. The second-order valence-electron chi connectivity index (χ2n) is 5.87. The first-order chi connectivity index (χ1) is 9.81. The van der Waals surface area contributed by atoms with E-state index in [9.17, 15) is 0 Å². The van der Waals surface area contributed by atoms with Gasteiger partial charge in [-0.1, -0.05) is 67.6 Å². The van der Waals surface area contributed by atoms with Gasteiger partial charge < -0.3 is 0 Å². The Kier molecular flexibility index (Phi) is 4.17. The van der Waals surface area contributed by atoms with Crippen molar-refractivity contribution in [1.82, 2.24) is 4.90 Å². The number of hydrogen-bond acceptors (Lipinski definition) is 1. The van der Waals surface area contributed by atoms with Crippen molar-refractivity contribution in [2.45, 2.75) is 32.0 Å². The molecule has 1 saturated carbocycles. The first kappa shape index (κ1) is 13.4. The minimum Gasteiger partial charge on any atom is -0.292 e. The third kappa shape index (κ3) is 3.29. The van der Waals surface area contributed by atoms with E-state index in [0.717, 1.165) is 13.1 Å². The summed E-state index contributed by atoms with van der Waals surface area (Å²) in [6, 6.07) is 22.2. The van der Waals surface area contributed by atoms with Crippen molar-refractivity contribution in [2.75, 3.05) is 0 Å². The highest BCUT2D eigenvalue weighted by Gasteiger charge is 2.30. The lowest BCUT2D eigenvalue weighted by atomic mass is 9.80. The summed E-state index contributed by atoms with van der Waals surface area (Å²) >= 11 is 0. The molecular weight excluding hydrogens is 242 g/mol. The summed E-state index contributed by atoms with van der Waals surface area (Å²) in [5, 5.41) is 0. The molecule has 0 amide bonds. The highest BCUT2D eigenvalue weighted by molar-refractivity contribution is 5.17. The first-order valence-corrected chi connectivity index (χ1v) is 7.46. The molecular formula is C19H22N. The average Bonchev–Trinajstić information content (AvgIpc) is 2.46. The molecule has 0 unspecified atom stereocenters. The van der Waals surface area contributed by atoms with Crippen LogP contribution in [0, 0.1) is 12.8 Å². The fraction of sp³-hybridized carbons (Fsp3) is 0.316. The van der Waals surface area contributed by atoms with Gasteiger partial charge in [-0.2, -0.15) is 0 Å². The molecule has 3 rings (SSSR count). The normalized spacial score (nSPS) is 21.7. The Morgan fingerprint density at radius 2 is 1.25 bits per heavy atom. The number of nitrogens with zero attached hydrogens (tertiary/aromatic N) is 1. The molecule has 0 N–H and O–H groups in total. The Morgan fingerprint density at radius 1 is 0.800 bits per heavy atom. The van der Waals surface area contributed by atoms with E-state index in [1.54, 1.807) is 0 Å². The Hall–Kier alpha value is -1.60. The van der Waals surface area contributed by atoms with E-state index in [1.807, 2.05) is 0 Å². The molecule has 1 fully saturated rings. The number of benzene rings is 2. The number of hydrogen-bond donors (Lipinski definition) is 0. The van der Waals surface area contributed by atoms with Gasteiger partial charge in [-0.3, -0.25) is 4.90 Å². The molecule has 1 aliphatic rings. The summed E-state index contributed by atoms with van der Waals surface area (Å²) < 4.78 is 0. The van der Waals surface area contributed by atoms with Crippen LogP contribution in [0.15, 0.2) is 60.7 Å². The predicted octanol–water partition coefficient (Wildman–Crippen LogP) is 4.30. The van der Waals surface area contributed by atoms with Crippen LogP contribution in [0.1, 0.15) is 24.0 Å². The zero-order valence-corrected chi connectivity index (χ0v) is 11.9. The van der Waals surface area contributed by atoms with E-state index in [1.165, 1.54) is 24.0 Å². The standard InChI is InChI=1S/C19H22N/c1-16-12-19(13-16)20(14-17-8-4-2-5-9-17)15-18-10-6-3-7-11-18/h2-11,16,19H,1,12-15H2. The third-order valence-corrected chi connectivity index (χ3v) is 4.18. The van der Waals surface area contributed by atoms with Crippen LogP contribution in [0.4, 0.5) is 0 Å². The molecule has 0 aliphatic heterocycles. The molecule has 1 aliphatic carbocycles. The number of rotatable bonds is 5. The summed E-state index contributed by atoms with van der Waals surface area (Å²) in [4.78, 5) is 2.60. The van der Waals surface area contributed by atoms with Crippen LogP contribution < -0.4 is 0 Å². The molecule has 0 bridgehead atoms. The van der Waals surface area contributed by atoms with E-state index < -0.39 is 0 Å². The van der Waals surface area contributed by atoms with Gasteiger partial charge in [0.1, 0.15) is 0 Å². The molecule has 20 heavy (non-hydrogen) atoms. The maximum Gasteiger partial charge on any atom is 0.0240 e. The summed E-state index contributed by atoms with van der Waals surface area (Å²) in [5.41, 5.74) is 2.80. The van der Waals surface area contributed by atoms with Gasteiger partial charge in [-0.25, -0.2) is 0 Å². The van der Waals surface area contributed by atoms with E-state index in [-0.39, 0.29) is 0 Å². The Morgan fingerprint density at radius 3 is 1.65 bits per heavy atom. The molecule has 2 aromatic carbocycles. The van der Waals surface area contributed by atoms with Gasteiger partial charge in [0.15, 0.2) is 0 Å². The second-order valence-corrected chi connectivity index (χ2v) is 5.87. The van der Waals surface area contributed by atoms with Gasteiger partial charge in [0.05, 0.1) is 0 Å². The van der Waals surface area contributed by atoms with Gasteiger partial charge in [-0.15, -0.1) is 0 Å². The van der Waals surface area contributed by atoms with Crippen LogP contribution in [0.2, 0.25) is 0 Å². The zero-order chi connectivity index (χ0) is 13.8. The Balaban J connectivity index is 1.71. The maximum absolute atomic E-state index is 4.16. The second kappa shape index (κ2) is 6.23. The lowest BCUT2D eigenvalue weighted by Gasteiger charge is -2.41. The molecule has 1 nitrogen and oxygen atoms in total. The largest absolute Gasteiger partial charge is 0.292 e. The highest BCUT2D eigenvalue weighted by Crippen LogP contribution is 2.32. The molecule has 0 heterocycles. The Labute approximate surface area is 122 Å². The summed E-state index contributed by atoms with van der Waals surface area (Å²) in [6.45, 7) is 6.23. The van der Waals surface area contributed by atoms with Crippen LogP contribution in [0.3, 0.4) is 0 Å². The monoisotopic (exact) mass is 264 g/mol. The minimum atomic E-state index is 0.647. The topological polar surface area (TPSA) is 3.24 Å². The minimum absolute atomic E-state index is 0.647. The smallest absolute Gasteiger partial charge is 0.0240 e. The summed E-state index contributed by atoms with van der Waals surface area (Å²) in [6.07, 6.45) is 2.47. The fourth-order valence-corrected chi connectivity index (χ4v) is 2.95. The predicted molar refractivity (Wildman–Crippen MR) is 84.0 cm³/mol. The van der Waals surface area contributed by atoms with Crippen molar-refractivity contribution in [3.8, 4) is 0 Å². The van der Waals surface area contributed by atoms with E-state index in [2.05, 4.69) is 72.5 Å². The van der Waals surface area contributed by atoms with E-state index in [0.29, 0.717) is 12.0 Å². The van der Waals surface area contributed by atoms with Crippen molar-refractivity contribution < 1.29 is 0 Å². The molecule has 103 valence electrons. The molecule has 0 saturated heterocycles. The fourth-order valence-electron chi connectivity index (χ4n) is 2.95. The highest BCUT2D eigenvalue weighted by atomic mass is 15.2. The van der Waals surface area contributed by atoms with Crippen molar-refractivity contribution in [3.05, 3.63) is 78.7 Å².